The maximum absolute atomic E-state index is 12.4. The summed E-state index contributed by atoms with van der Waals surface area (Å²) in [6.07, 6.45) is -0.504. The summed E-state index contributed by atoms with van der Waals surface area (Å²) in [6.45, 7) is 0.637. The number of carbonyl (C=O) groups is 4. The fraction of sp³-hybridized carbons (Fsp3) is 0.111. The van der Waals surface area contributed by atoms with Gasteiger partial charge in [0, 0.05) is 5.69 Å². The molecular weight excluding hydrogens is 340 g/mol. The zero-order valence-corrected chi connectivity index (χ0v) is 13.4. The molecule has 1 fully saturated rings. The van der Waals surface area contributed by atoms with E-state index in [9.17, 15) is 19.2 Å². The van der Waals surface area contributed by atoms with E-state index < -0.39 is 23.9 Å². The molecule has 0 N–H and O–H groups in total. The second-order valence-corrected chi connectivity index (χ2v) is 5.65. The molecule has 0 atom stereocenters. The normalized spacial score (nSPS) is 15.9. The maximum atomic E-state index is 12.4. The SMILES string of the molecule is O=C(ON1C(=O)c2ccccc2C1=O)c1cccc(N2CCOC2=O)c1. The molecule has 1 saturated heterocycles. The highest BCUT2D eigenvalue weighted by Gasteiger charge is 2.38. The van der Waals surface area contributed by atoms with Gasteiger partial charge in [0.25, 0.3) is 11.8 Å². The van der Waals surface area contributed by atoms with E-state index in [4.69, 9.17) is 9.57 Å². The van der Waals surface area contributed by atoms with E-state index in [1.165, 1.54) is 29.2 Å². The van der Waals surface area contributed by atoms with E-state index >= 15 is 0 Å². The average molecular weight is 352 g/mol. The van der Waals surface area contributed by atoms with Crippen LogP contribution in [0, 0.1) is 0 Å². The molecule has 8 nitrogen and oxygen atoms in total. The number of fused-ring (bicyclic) bond motifs is 1. The van der Waals surface area contributed by atoms with Gasteiger partial charge in [0.05, 0.1) is 23.2 Å². The number of benzene rings is 2. The molecule has 2 heterocycles. The van der Waals surface area contributed by atoms with Gasteiger partial charge in [0.1, 0.15) is 6.61 Å². The van der Waals surface area contributed by atoms with E-state index in [1.54, 1.807) is 24.3 Å². The van der Waals surface area contributed by atoms with Gasteiger partial charge in [-0.3, -0.25) is 14.5 Å². The molecule has 3 amide bonds. The van der Waals surface area contributed by atoms with Gasteiger partial charge in [-0.25, -0.2) is 9.59 Å². The number of hydrogen-bond donors (Lipinski definition) is 0. The van der Waals surface area contributed by atoms with Crippen molar-refractivity contribution in [2.45, 2.75) is 0 Å². The Morgan fingerprint density at radius 3 is 2.27 bits per heavy atom. The lowest BCUT2D eigenvalue weighted by Crippen LogP contribution is -2.32. The summed E-state index contributed by atoms with van der Waals surface area (Å²) in [5.74, 6) is -2.27. The van der Waals surface area contributed by atoms with Crippen molar-refractivity contribution in [1.29, 1.82) is 0 Å². The summed E-state index contributed by atoms with van der Waals surface area (Å²) < 4.78 is 4.87. The third-order valence-electron chi connectivity index (χ3n) is 4.09. The number of rotatable bonds is 3. The number of ether oxygens (including phenoxy) is 1. The molecule has 130 valence electrons. The molecule has 0 bridgehead atoms. The van der Waals surface area contributed by atoms with E-state index in [0.29, 0.717) is 17.3 Å². The number of amides is 3. The molecule has 2 aromatic carbocycles. The van der Waals surface area contributed by atoms with Crippen molar-refractivity contribution in [2.24, 2.45) is 0 Å². The van der Waals surface area contributed by atoms with Crippen LogP contribution in [-0.2, 0) is 9.57 Å². The first-order valence-electron chi connectivity index (χ1n) is 7.81. The highest BCUT2D eigenvalue weighted by molar-refractivity contribution is 6.21. The Labute approximate surface area is 147 Å². The standard InChI is InChI=1S/C18H12N2O6/c21-15-13-6-1-2-7-14(13)16(22)20(15)26-17(23)11-4-3-5-12(10-11)19-8-9-25-18(19)24/h1-7,10H,8-9H2. The molecule has 0 spiro atoms. The van der Waals surface area contributed by atoms with Crippen molar-refractivity contribution >= 4 is 29.6 Å². The Kier molecular flexibility index (Phi) is 3.65. The van der Waals surface area contributed by atoms with Gasteiger partial charge < -0.3 is 9.57 Å². The Hall–Kier alpha value is -3.68. The van der Waals surface area contributed by atoms with Crippen molar-refractivity contribution in [3.8, 4) is 0 Å². The maximum Gasteiger partial charge on any atom is 0.414 e. The van der Waals surface area contributed by atoms with Crippen LogP contribution in [0.5, 0.6) is 0 Å². The summed E-state index contributed by atoms with van der Waals surface area (Å²) in [7, 11) is 0. The Morgan fingerprint density at radius 1 is 0.962 bits per heavy atom. The largest absolute Gasteiger partial charge is 0.447 e. The van der Waals surface area contributed by atoms with Crippen molar-refractivity contribution in [3.63, 3.8) is 0 Å². The molecule has 0 aliphatic carbocycles. The second-order valence-electron chi connectivity index (χ2n) is 5.65. The third kappa shape index (κ3) is 2.48. The second kappa shape index (κ2) is 5.99. The first-order valence-corrected chi connectivity index (χ1v) is 7.81. The number of anilines is 1. The van der Waals surface area contributed by atoms with Crippen LogP contribution in [0.25, 0.3) is 0 Å². The van der Waals surface area contributed by atoms with Crippen LogP contribution in [0.4, 0.5) is 10.5 Å². The lowest BCUT2D eigenvalue weighted by atomic mass is 10.1. The predicted molar refractivity (Wildman–Crippen MR) is 87.5 cm³/mol. The fourth-order valence-corrected chi connectivity index (χ4v) is 2.81. The minimum atomic E-state index is -0.881. The Balaban J connectivity index is 1.55. The van der Waals surface area contributed by atoms with E-state index in [-0.39, 0.29) is 23.3 Å². The summed E-state index contributed by atoms with van der Waals surface area (Å²) in [5, 5.41) is 0.448. The minimum absolute atomic E-state index is 0.0961. The van der Waals surface area contributed by atoms with Crippen LogP contribution in [-0.4, -0.2) is 42.1 Å². The predicted octanol–water partition coefficient (Wildman–Crippen LogP) is 2.01. The van der Waals surface area contributed by atoms with Gasteiger partial charge in [-0.15, -0.1) is 0 Å². The number of nitrogens with zero attached hydrogens (tertiary/aromatic N) is 2. The van der Waals surface area contributed by atoms with Gasteiger partial charge in [-0.1, -0.05) is 23.3 Å². The van der Waals surface area contributed by atoms with Crippen molar-refractivity contribution in [3.05, 3.63) is 65.2 Å². The van der Waals surface area contributed by atoms with Gasteiger partial charge in [-0.05, 0) is 30.3 Å². The van der Waals surface area contributed by atoms with E-state index in [2.05, 4.69) is 0 Å². The van der Waals surface area contributed by atoms with Crippen LogP contribution in [0.1, 0.15) is 31.1 Å². The monoisotopic (exact) mass is 352 g/mol. The lowest BCUT2D eigenvalue weighted by Gasteiger charge is -2.15. The van der Waals surface area contributed by atoms with Crippen LogP contribution in [0.3, 0.4) is 0 Å². The molecule has 26 heavy (non-hydrogen) atoms. The van der Waals surface area contributed by atoms with Crippen molar-refractivity contribution < 1.29 is 28.8 Å². The Morgan fingerprint density at radius 2 is 1.65 bits per heavy atom. The van der Waals surface area contributed by atoms with Crippen molar-refractivity contribution in [1.82, 2.24) is 5.06 Å². The number of cyclic esters (lactones) is 1. The van der Waals surface area contributed by atoms with Crippen LogP contribution < -0.4 is 4.90 Å². The third-order valence-corrected chi connectivity index (χ3v) is 4.09. The topological polar surface area (TPSA) is 93.2 Å². The lowest BCUT2D eigenvalue weighted by molar-refractivity contribution is -0.0584. The zero-order chi connectivity index (χ0) is 18.3. The van der Waals surface area contributed by atoms with Gasteiger partial charge in [0.15, 0.2) is 0 Å². The fourth-order valence-electron chi connectivity index (χ4n) is 2.81. The molecule has 2 aromatic rings. The molecular formula is C18H12N2O6. The van der Waals surface area contributed by atoms with E-state index in [0.717, 1.165) is 0 Å². The summed E-state index contributed by atoms with van der Waals surface area (Å²) in [4.78, 5) is 54.9. The molecule has 8 heteroatoms. The Bertz CT molecular complexity index is 919. The average Bonchev–Trinajstić information content (AvgIpc) is 3.19. The summed E-state index contributed by atoms with van der Waals surface area (Å²) >= 11 is 0. The van der Waals surface area contributed by atoms with Gasteiger partial charge >= 0.3 is 12.1 Å². The number of hydroxylamine groups is 2. The highest BCUT2D eigenvalue weighted by Crippen LogP contribution is 2.24. The number of hydrogen-bond acceptors (Lipinski definition) is 6. The first kappa shape index (κ1) is 15.8. The van der Waals surface area contributed by atoms with Crippen LogP contribution in [0.2, 0.25) is 0 Å². The summed E-state index contributed by atoms with van der Waals surface area (Å²) in [5.41, 5.74) is 0.917. The van der Waals surface area contributed by atoms with E-state index in [1.807, 2.05) is 0 Å². The first-order chi connectivity index (χ1) is 12.6. The minimum Gasteiger partial charge on any atom is -0.447 e. The van der Waals surface area contributed by atoms with Crippen LogP contribution >= 0.6 is 0 Å². The molecule has 2 aliphatic rings. The quantitative estimate of drug-likeness (QED) is 0.785. The molecule has 2 aliphatic heterocycles. The molecule has 0 saturated carbocycles. The molecule has 0 aromatic heterocycles. The van der Waals surface area contributed by atoms with Crippen LogP contribution in [0.15, 0.2) is 48.5 Å². The number of carbonyl (C=O) groups excluding carboxylic acids is 4. The highest BCUT2D eigenvalue weighted by atomic mass is 16.7. The smallest absolute Gasteiger partial charge is 0.414 e. The van der Waals surface area contributed by atoms with Crippen molar-refractivity contribution in [2.75, 3.05) is 18.1 Å². The zero-order valence-electron chi connectivity index (χ0n) is 13.4. The summed E-state index contributed by atoms with van der Waals surface area (Å²) in [6, 6.07) is 12.3. The number of imide groups is 1. The van der Waals surface area contributed by atoms with Gasteiger partial charge in [0.2, 0.25) is 0 Å². The molecule has 0 unspecified atom stereocenters. The molecule has 0 radical (unpaired) electrons. The van der Waals surface area contributed by atoms with Gasteiger partial charge in [-0.2, -0.15) is 0 Å². The molecule has 4 rings (SSSR count).